The predicted molar refractivity (Wildman–Crippen MR) is 29.1 cm³/mol. The molecule has 0 unspecified atom stereocenters. The maximum Gasteiger partial charge on any atom is 0.393 e. The monoisotopic (exact) mass is 132 g/mol. The fraction of sp³-hybridized carbons (Fsp3) is 0.333. The zero-order chi connectivity index (χ0) is 6.15. The number of aromatic amines is 1. The van der Waals surface area contributed by atoms with Gasteiger partial charge in [-0.3, -0.25) is 0 Å². The molecule has 0 atom stereocenters. The highest BCUT2D eigenvalue weighted by Gasteiger charge is 1.91. The van der Waals surface area contributed by atoms with Crippen LogP contribution in [-0.4, -0.2) is 9.95 Å². The van der Waals surface area contributed by atoms with E-state index in [0.29, 0.717) is 0 Å². The Hall–Kier alpha value is -0.840. The van der Waals surface area contributed by atoms with Crippen molar-refractivity contribution in [3.63, 3.8) is 0 Å². The predicted octanol–water partition coefficient (Wildman–Crippen LogP) is 0.0359. The normalized spacial score (nSPS) is 9.62. The van der Waals surface area contributed by atoms with Gasteiger partial charge in [0.1, 0.15) is 0 Å². The number of aromatic nitrogens is 2. The molecule has 0 aliphatic heterocycles. The number of nitrogens with zero attached hydrogens (tertiary/aromatic N) is 1. The second-order valence-electron chi connectivity index (χ2n) is 1.34. The van der Waals surface area contributed by atoms with Crippen LogP contribution < -0.4 is 5.63 Å². The molecule has 0 saturated heterocycles. The third-order valence-electron chi connectivity index (χ3n) is 0.755. The SMILES string of the molecule is Cn1[nH]oc(=O)c1=S. The summed E-state index contributed by atoms with van der Waals surface area (Å²) < 4.78 is 5.76. The number of rotatable bonds is 0. The van der Waals surface area contributed by atoms with Crippen molar-refractivity contribution in [2.75, 3.05) is 0 Å². The molecule has 1 heterocycles. The van der Waals surface area contributed by atoms with Crippen LogP contribution in [0.3, 0.4) is 0 Å². The smallest absolute Gasteiger partial charge is 0.320 e. The summed E-state index contributed by atoms with van der Waals surface area (Å²) in [6.45, 7) is 0. The van der Waals surface area contributed by atoms with Crippen LogP contribution in [0.1, 0.15) is 0 Å². The molecule has 1 rings (SSSR count). The highest BCUT2D eigenvalue weighted by atomic mass is 32.1. The van der Waals surface area contributed by atoms with E-state index in [1.54, 1.807) is 7.05 Å². The molecule has 4 nitrogen and oxygen atoms in total. The van der Waals surface area contributed by atoms with Crippen LogP contribution in [-0.2, 0) is 7.05 Å². The molecule has 5 heteroatoms. The van der Waals surface area contributed by atoms with E-state index in [-0.39, 0.29) is 4.64 Å². The van der Waals surface area contributed by atoms with Crippen LogP contribution in [0.4, 0.5) is 0 Å². The lowest BCUT2D eigenvalue weighted by Crippen LogP contribution is -1.95. The minimum absolute atomic E-state index is 0.157. The van der Waals surface area contributed by atoms with Crippen LogP contribution in [0, 0.1) is 4.64 Å². The van der Waals surface area contributed by atoms with Crippen molar-refractivity contribution in [1.29, 1.82) is 0 Å². The van der Waals surface area contributed by atoms with Crippen molar-refractivity contribution in [3.05, 3.63) is 15.1 Å². The van der Waals surface area contributed by atoms with E-state index >= 15 is 0 Å². The molecule has 0 aliphatic rings. The van der Waals surface area contributed by atoms with Gasteiger partial charge in [-0.2, -0.15) is 5.27 Å². The van der Waals surface area contributed by atoms with Crippen molar-refractivity contribution in [3.8, 4) is 0 Å². The highest BCUT2D eigenvalue weighted by molar-refractivity contribution is 7.71. The molecule has 0 saturated carbocycles. The second kappa shape index (κ2) is 1.59. The Labute approximate surface area is 49.7 Å². The largest absolute Gasteiger partial charge is 0.393 e. The maximum absolute atomic E-state index is 10.3. The van der Waals surface area contributed by atoms with Crippen LogP contribution in [0.15, 0.2) is 9.32 Å². The third-order valence-corrected chi connectivity index (χ3v) is 1.20. The Bertz CT molecular complexity index is 280. The molecule has 0 radical (unpaired) electrons. The van der Waals surface area contributed by atoms with Crippen molar-refractivity contribution in [2.24, 2.45) is 7.05 Å². The lowest BCUT2D eigenvalue weighted by molar-refractivity contribution is 0.341. The van der Waals surface area contributed by atoms with Gasteiger partial charge in [0.2, 0.25) is 4.64 Å². The fourth-order valence-corrected chi connectivity index (χ4v) is 0.411. The van der Waals surface area contributed by atoms with Crippen molar-refractivity contribution >= 4 is 12.2 Å². The molecule has 8 heavy (non-hydrogen) atoms. The Morgan fingerprint density at radius 2 is 2.50 bits per heavy atom. The van der Waals surface area contributed by atoms with E-state index in [4.69, 9.17) is 0 Å². The number of hydrogen-bond donors (Lipinski definition) is 1. The van der Waals surface area contributed by atoms with Crippen LogP contribution in [0.25, 0.3) is 0 Å². The zero-order valence-corrected chi connectivity index (χ0v) is 4.99. The molecule has 1 aromatic heterocycles. The van der Waals surface area contributed by atoms with E-state index in [1.165, 1.54) is 4.68 Å². The zero-order valence-electron chi connectivity index (χ0n) is 4.17. The standard InChI is InChI=1S/C3H4N2O2S/c1-5-2(8)3(6)7-4-5/h4H,1H3. The van der Waals surface area contributed by atoms with Gasteiger partial charge in [0.25, 0.3) is 0 Å². The lowest BCUT2D eigenvalue weighted by Gasteiger charge is -1.77. The summed E-state index contributed by atoms with van der Waals surface area (Å²) in [5.41, 5.74) is -0.498. The van der Waals surface area contributed by atoms with Gasteiger partial charge in [-0.15, -0.1) is 0 Å². The minimum atomic E-state index is -0.498. The van der Waals surface area contributed by atoms with Gasteiger partial charge in [0.15, 0.2) is 0 Å². The van der Waals surface area contributed by atoms with E-state index in [2.05, 4.69) is 22.0 Å². The van der Waals surface area contributed by atoms with Gasteiger partial charge in [-0.05, 0) is 0 Å². The van der Waals surface area contributed by atoms with Gasteiger partial charge >= 0.3 is 5.63 Å². The van der Waals surface area contributed by atoms with E-state index in [9.17, 15) is 4.79 Å². The average Bonchev–Trinajstić information content (AvgIpc) is 1.98. The lowest BCUT2D eigenvalue weighted by atomic mass is 10.9. The number of aryl methyl sites for hydroxylation is 1. The Morgan fingerprint density at radius 3 is 2.62 bits per heavy atom. The number of hydrogen-bond acceptors (Lipinski definition) is 3. The summed E-state index contributed by atoms with van der Waals surface area (Å²) in [6, 6.07) is 0. The van der Waals surface area contributed by atoms with E-state index in [0.717, 1.165) is 0 Å². The van der Waals surface area contributed by atoms with Gasteiger partial charge in [-0.25, -0.2) is 9.48 Å². The van der Waals surface area contributed by atoms with Gasteiger partial charge in [0, 0.05) is 7.05 Å². The fourth-order valence-electron chi connectivity index (χ4n) is 0.332. The molecule has 0 bridgehead atoms. The Kier molecular flexibility index (Phi) is 1.05. The summed E-state index contributed by atoms with van der Waals surface area (Å²) in [6.07, 6.45) is 0. The summed E-state index contributed by atoms with van der Waals surface area (Å²) in [5, 5.41) is 2.26. The third kappa shape index (κ3) is 0.604. The molecular weight excluding hydrogens is 128 g/mol. The van der Waals surface area contributed by atoms with Crippen LogP contribution >= 0.6 is 12.2 Å². The molecule has 0 fully saturated rings. The molecular formula is C3H4N2O2S. The molecule has 0 amide bonds. The molecule has 0 aliphatic carbocycles. The van der Waals surface area contributed by atoms with Crippen molar-refractivity contribution < 1.29 is 4.52 Å². The topological polar surface area (TPSA) is 50.9 Å². The van der Waals surface area contributed by atoms with Crippen molar-refractivity contribution in [1.82, 2.24) is 9.95 Å². The first-order valence-corrected chi connectivity index (χ1v) is 2.37. The molecule has 0 aromatic carbocycles. The molecule has 0 spiro atoms. The van der Waals surface area contributed by atoms with E-state index in [1.807, 2.05) is 0 Å². The number of H-pyrrole nitrogens is 1. The van der Waals surface area contributed by atoms with Gasteiger partial charge in [0.05, 0.1) is 0 Å². The summed E-state index contributed by atoms with van der Waals surface area (Å²) >= 11 is 4.55. The Morgan fingerprint density at radius 1 is 1.88 bits per heavy atom. The molecule has 1 N–H and O–H groups in total. The summed E-state index contributed by atoms with van der Waals surface area (Å²) in [4.78, 5) is 10.3. The van der Waals surface area contributed by atoms with Gasteiger partial charge < -0.3 is 4.52 Å². The maximum atomic E-state index is 10.3. The average molecular weight is 132 g/mol. The Balaban J connectivity index is 3.66. The first-order valence-electron chi connectivity index (χ1n) is 1.96. The quantitative estimate of drug-likeness (QED) is 0.507. The van der Waals surface area contributed by atoms with Crippen molar-refractivity contribution in [2.45, 2.75) is 0 Å². The van der Waals surface area contributed by atoms with E-state index < -0.39 is 5.63 Å². The first kappa shape index (κ1) is 5.30. The number of nitrogens with one attached hydrogen (secondary N) is 1. The van der Waals surface area contributed by atoms with Crippen LogP contribution in [0.2, 0.25) is 0 Å². The van der Waals surface area contributed by atoms with Crippen LogP contribution in [0.5, 0.6) is 0 Å². The molecule has 1 aromatic rings. The minimum Gasteiger partial charge on any atom is -0.320 e. The summed E-state index contributed by atoms with van der Waals surface area (Å²) in [5.74, 6) is 0. The second-order valence-corrected chi connectivity index (χ2v) is 1.73. The first-order chi connectivity index (χ1) is 3.72. The highest BCUT2D eigenvalue weighted by Crippen LogP contribution is 1.73. The molecule has 44 valence electrons. The summed E-state index contributed by atoms with van der Waals surface area (Å²) in [7, 11) is 1.60. The van der Waals surface area contributed by atoms with Gasteiger partial charge in [-0.1, -0.05) is 12.2 Å².